The topological polar surface area (TPSA) is 153 Å². The maximum Gasteiger partial charge on any atom is 0.245 e. The fourth-order valence-electron chi connectivity index (χ4n) is 4.26. The molecule has 3 aromatic heterocycles. The van der Waals surface area contributed by atoms with E-state index in [1.165, 1.54) is 20.5 Å². The van der Waals surface area contributed by atoms with Gasteiger partial charge in [-0.2, -0.15) is 9.97 Å². The third kappa shape index (κ3) is 5.76. The van der Waals surface area contributed by atoms with Gasteiger partial charge in [-0.3, -0.25) is 14.5 Å². The Hall–Kier alpha value is -3.23. The first-order valence-corrected chi connectivity index (χ1v) is 14.0. The number of ether oxygens (including phenoxy) is 4. The molecule has 0 saturated carbocycles. The summed E-state index contributed by atoms with van der Waals surface area (Å²) in [4.78, 5) is 17.1. The maximum absolute atomic E-state index is 13.9. The summed E-state index contributed by atoms with van der Waals surface area (Å²) in [6.45, 7) is 7.65. The molecule has 1 saturated heterocycles. The molecule has 0 amide bonds. The lowest BCUT2D eigenvalue weighted by molar-refractivity contribution is 0.00382. The van der Waals surface area contributed by atoms with Crippen LogP contribution in [-0.4, -0.2) is 75.3 Å². The van der Waals surface area contributed by atoms with Crippen molar-refractivity contribution in [2.75, 3.05) is 20.8 Å². The number of aromatic nitrogens is 7. The molecule has 13 nitrogen and oxygen atoms in total. The molecule has 14 heteroatoms. The van der Waals surface area contributed by atoms with Crippen molar-refractivity contribution in [2.45, 2.75) is 69.9 Å². The molecule has 0 aromatic carbocycles. The van der Waals surface area contributed by atoms with Crippen molar-refractivity contribution in [2.24, 2.45) is 0 Å². The van der Waals surface area contributed by atoms with Crippen LogP contribution in [0.1, 0.15) is 68.9 Å². The molecular formula is C24H33N7O6S. The molecule has 38 heavy (non-hydrogen) atoms. The van der Waals surface area contributed by atoms with E-state index in [1.807, 2.05) is 20.8 Å². The van der Waals surface area contributed by atoms with Gasteiger partial charge in [-0.15, -0.1) is 10.2 Å². The Morgan fingerprint density at radius 2 is 1.76 bits per heavy atom. The summed E-state index contributed by atoms with van der Waals surface area (Å²) < 4.78 is 52.1. The third-order valence-electron chi connectivity index (χ3n) is 6.17. The van der Waals surface area contributed by atoms with Gasteiger partial charge in [0.1, 0.15) is 24.3 Å². The van der Waals surface area contributed by atoms with Crippen molar-refractivity contribution in [3.8, 4) is 17.4 Å². The maximum atomic E-state index is 13.9. The Morgan fingerprint density at radius 3 is 2.32 bits per heavy atom. The summed E-state index contributed by atoms with van der Waals surface area (Å²) in [5.74, 6) is 0.474. The van der Waals surface area contributed by atoms with Crippen LogP contribution in [0.25, 0.3) is 5.69 Å². The number of methoxy groups -OCH3 is 2. The Kier molecular flexibility index (Phi) is 8.53. The zero-order valence-corrected chi connectivity index (χ0v) is 23.2. The molecule has 4 heterocycles. The monoisotopic (exact) mass is 547 g/mol. The smallest absolute Gasteiger partial charge is 0.245 e. The lowest BCUT2D eigenvalue weighted by Gasteiger charge is -2.26. The van der Waals surface area contributed by atoms with E-state index in [0.717, 1.165) is 12.1 Å². The highest BCUT2D eigenvalue weighted by atomic mass is 32.2. The van der Waals surface area contributed by atoms with Crippen LogP contribution in [0.2, 0.25) is 0 Å². The first kappa shape index (κ1) is 27.8. The van der Waals surface area contributed by atoms with Crippen molar-refractivity contribution >= 4 is 9.84 Å². The highest BCUT2D eigenvalue weighted by molar-refractivity contribution is 7.91. The largest absolute Gasteiger partial charge is 0.479 e. The summed E-state index contributed by atoms with van der Waals surface area (Å²) in [5.41, 5.74) is 1.45. The fraction of sp³-hybridized carbons (Fsp3) is 0.583. The lowest BCUT2D eigenvalue weighted by Crippen LogP contribution is -2.31. The van der Waals surface area contributed by atoms with Crippen molar-refractivity contribution < 1.29 is 27.4 Å². The molecule has 1 fully saturated rings. The molecular weight excluding hydrogens is 514 g/mol. The summed E-state index contributed by atoms with van der Waals surface area (Å²) >= 11 is 0. The van der Waals surface area contributed by atoms with Crippen molar-refractivity contribution in [3.63, 3.8) is 0 Å². The van der Waals surface area contributed by atoms with Crippen molar-refractivity contribution in [1.82, 2.24) is 34.7 Å². The lowest BCUT2D eigenvalue weighted by atomic mass is 10.2. The predicted molar refractivity (Wildman–Crippen MR) is 136 cm³/mol. The molecule has 0 N–H and O–H groups in total. The van der Waals surface area contributed by atoms with Crippen LogP contribution in [0, 0.1) is 6.92 Å². The average molecular weight is 548 g/mol. The Balaban J connectivity index is 1.78. The van der Waals surface area contributed by atoms with Crippen LogP contribution in [0.15, 0.2) is 18.7 Å². The van der Waals surface area contributed by atoms with Gasteiger partial charge in [0.15, 0.2) is 27.2 Å². The van der Waals surface area contributed by atoms with Gasteiger partial charge in [0.05, 0.1) is 43.2 Å². The summed E-state index contributed by atoms with van der Waals surface area (Å²) in [5, 5.41) is 7.63. The zero-order chi connectivity index (χ0) is 27.4. The molecule has 0 radical (unpaired) electrons. The van der Waals surface area contributed by atoms with Crippen LogP contribution >= 0.6 is 0 Å². The Bertz CT molecular complexity index is 1320. The van der Waals surface area contributed by atoms with E-state index < -0.39 is 26.9 Å². The quantitative estimate of drug-likeness (QED) is 0.346. The molecule has 4 rings (SSSR count). The minimum atomic E-state index is -3.88. The van der Waals surface area contributed by atoms with E-state index in [1.54, 1.807) is 23.9 Å². The SMILES string of the molecule is COc1ncnc(OC)c1-n1c(CS(=O)(=O)[C@@H](C)[C@@H](OC(C)C)c2cnc(C)cn2)nnc1[C@H]1CCCO1. The number of hydrogen-bond donors (Lipinski definition) is 0. The second kappa shape index (κ2) is 11.7. The molecule has 0 bridgehead atoms. The predicted octanol–water partition coefficient (Wildman–Crippen LogP) is 2.49. The second-order valence-corrected chi connectivity index (χ2v) is 11.6. The summed E-state index contributed by atoms with van der Waals surface area (Å²) in [7, 11) is -0.966. The first-order chi connectivity index (χ1) is 18.2. The van der Waals surface area contributed by atoms with E-state index in [-0.39, 0.29) is 29.8 Å². The molecule has 3 aromatic rings. The van der Waals surface area contributed by atoms with Gasteiger partial charge in [-0.1, -0.05) is 0 Å². The number of aryl methyl sites for hydroxylation is 1. The first-order valence-electron chi connectivity index (χ1n) is 12.3. The second-order valence-electron chi connectivity index (χ2n) is 9.25. The Labute approximate surface area is 221 Å². The molecule has 1 aliphatic heterocycles. The third-order valence-corrected chi connectivity index (χ3v) is 8.21. The molecule has 0 unspecified atom stereocenters. The zero-order valence-electron chi connectivity index (χ0n) is 22.4. The van der Waals surface area contributed by atoms with Crippen molar-refractivity contribution in [1.29, 1.82) is 0 Å². The van der Waals surface area contributed by atoms with Gasteiger partial charge in [-0.05, 0) is 40.5 Å². The highest BCUT2D eigenvalue weighted by Crippen LogP contribution is 2.36. The van der Waals surface area contributed by atoms with E-state index in [2.05, 4.69) is 30.1 Å². The van der Waals surface area contributed by atoms with Gasteiger partial charge in [-0.25, -0.2) is 8.42 Å². The summed E-state index contributed by atoms with van der Waals surface area (Å²) in [6, 6.07) is 0. The van der Waals surface area contributed by atoms with E-state index in [0.29, 0.717) is 30.2 Å². The Morgan fingerprint density at radius 1 is 1.05 bits per heavy atom. The van der Waals surface area contributed by atoms with Gasteiger partial charge in [0.2, 0.25) is 11.8 Å². The fourth-order valence-corrected chi connectivity index (χ4v) is 5.65. The molecule has 1 aliphatic rings. The standard InChI is InChI=1S/C24H33N7O6S/c1-14(2)37-21(17-11-25-15(3)10-26-17)16(4)38(32,33)12-19-29-30-22(18-8-7-9-36-18)31(19)20-23(34-5)27-13-28-24(20)35-6/h10-11,13-14,16,18,21H,7-9,12H2,1-6H3/t16-,18+,21+/m0/s1. The minimum Gasteiger partial charge on any atom is -0.479 e. The van der Waals surface area contributed by atoms with E-state index in [9.17, 15) is 8.42 Å². The van der Waals surface area contributed by atoms with Gasteiger partial charge in [0, 0.05) is 12.8 Å². The molecule has 0 spiro atoms. The summed E-state index contributed by atoms with van der Waals surface area (Å²) in [6.07, 6.45) is 4.51. The normalized spacial score (nSPS) is 17.5. The number of hydrogen-bond acceptors (Lipinski definition) is 12. The van der Waals surface area contributed by atoms with Crippen LogP contribution in [-0.2, 0) is 25.1 Å². The van der Waals surface area contributed by atoms with Crippen LogP contribution in [0.3, 0.4) is 0 Å². The average Bonchev–Trinajstić information content (AvgIpc) is 3.56. The highest BCUT2D eigenvalue weighted by Gasteiger charge is 2.37. The van der Waals surface area contributed by atoms with E-state index >= 15 is 0 Å². The minimum absolute atomic E-state index is 0.145. The van der Waals surface area contributed by atoms with E-state index in [4.69, 9.17) is 18.9 Å². The number of rotatable bonds is 11. The van der Waals surface area contributed by atoms with Crippen molar-refractivity contribution in [3.05, 3.63) is 41.8 Å². The molecule has 206 valence electrons. The number of nitrogens with zero attached hydrogens (tertiary/aromatic N) is 7. The van der Waals surface area contributed by atoms with Gasteiger partial charge >= 0.3 is 0 Å². The molecule has 0 aliphatic carbocycles. The number of sulfone groups is 1. The van der Waals surface area contributed by atoms with Crippen LogP contribution < -0.4 is 9.47 Å². The molecule has 3 atom stereocenters. The van der Waals surface area contributed by atoms with Crippen LogP contribution in [0.4, 0.5) is 0 Å². The van der Waals surface area contributed by atoms with Gasteiger partial charge in [0.25, 0.3) is 0 Å². The van der Waals surface area contributed by atoms with Crippen LogP contribution in [0.5, 0.6) is 11.8 Å². The van der Waals surface area contributed by atoms with Gasteiger partial charge < -0.3 is 18.9 Å².